The van der Waals surface area contributed by atoms with Crippen molar-refractivity contribution in [1.29, 1.82) is 0 Å². The second kappa shape index (κ2) is 3.81. The third kappa shape index (κ3) is 1.75. The number of hydrogen-bond acceptors (Lipinski definition) is 3. The summed E-state index contributed by atoms with van der Waals surface area (Å²) in [6, 6.07) is 3.64. The Balaban J connectivity index is 2.49. The van der Waals surface area contributed by atoms with Crippen LogP contribution in [0.3, 0.4) is 0 Å². The van der Waals surface area contributed by atoms with Crippen LogP contribution in [0.1, 0.15) is 12.0 Å². The molecule has 0 saturated carbocycles. The van der Waals surface area contributed by atoms with Gasteiger partial charge in [-0.05, 0) is 6.42 Å². The number of carbonyl (C=O) groups is 1. The van der Waals surface area contributed by atoms with Crippen molar-refractivity contribution in [1.82, 2.24) is 0 Å². The van der Waals surface area contributed by atoms with E-state index in [1.165, 1.54) is 0 Å². The molecule has 4 heteroatoms. The van der Waals surface area contributed by atoms with E-state index in [0.29, 0.717) is 18.6 Å². The molecule has 0 atom stereocenters. The molecule has 0 bridgehead atoms. The van der Waals surface area contributed by atoms with Gasteiger partial charge in [0.2, 0.25) is 5.91 Å². The summed E-state index contributed by atoms with van der Waals surface area (Å²) in [7, 11) is 3.21. The van der Waals surface area contributed by atoms with E-state index < -0.39 is 0 Å². The molecular weight excluding hydrogens is 194 g/mol. The maximum atomic E-state index is 11.2. The molecule has 80 valence electrons. The Morgan fingerprint density at radius 2 is 2.00 bits per heavy atom. The summed E-state index contributed by atoms with van der Waals surface area (Å²) in [5.41, 5.74) is 1.83. The summed E-state index contributed by atoms with van der Waals surface area (Å²) in [6.45, 7) is 0. The zero-order valence-electron chi connectivity index (χ0n) is 8.79. The molecule has 0 spiro atoms. The van der Waals surface area contributed by atoms with Crippen molar-refractivity contribution in [2.45, 2.75) is 12.8 Å². The van der Waals surface area contributed by atoms with Crippen molar-refractivity contribution in [3.63, 3.8) is 0 Å². The number of hydrogen-bond donors (Lipinski definition) is 1. The molecule has 1 amide bonds. The highest BCUT2D eigenvalue weighted by Crippen LogP contribution is 2.35. The van der Waals surface area contributed by atoms with Gasteiger partial charge in [0.05, 0.1) is 19.9 Å². The maximum Gasteiger partial charge on any atom is 0.224 e. The number of methoxy groups -OCH3 is 2. The molecule has 15 heavy (non-hydrogen) atoms. The van der Waals surface area contributed by atoms with Crippen molar-refractivity contribution in [2.75, 3.05) is 19.5 Å². The van der Waals surface area contributed by atoms with Gasteiger partial charge < -0.3 is 14.8 Å². The van der Waals surface area contributed by atoms with Gasteiger partial charge in [0, 0.05) is 24.1 Å². The number of anilines is 1. The molecule has 0 unspecified atom stereocenters. The highest BCUT2D eigenvalue weighted by atomic mass is 16.5. The highest BCUT2D eigenvalue weighted by Gasteiger charge is 2.19. The molecule has 0 saturated heterocycles. The normalized spacial score (nSPS) is 14.1. The molecule has 1 aromatic rings. The Labute approximate surface area is 88.2 Å². The van der Waals surface area contributed by atoms with Crippen molar-refractivity contribution < 1.29 is 14.3 Å². The summed E-state index contributed by atoms with van der Waals surface area (Å²) in [5.74, 6) is 1.50. The van der Waals surface area contributed by atoms with E-state index in [9.17, 15) is 4.79 Å². The number of nitrogens with one attached hydrogen (secondary N) is 1. The molecule has 1 aromatic carbocycles. The maximum absolute atomic E-state index is 11.2. The summed E-state index contributed by atoms with van der Waals surface area (Å²) < 4.78 is 10.4. The third-order valence-corrected chi connectivity index (χ3v) is 2.51. The molecule has 1 heterocycles. The number of rotatable bonds is 2. The van der Waals surface area contributed by atoms with E-state index in [0.717, 1.165) is 17.0 Å². The first kappa shape index (κ1) is 9.83. The van der Waals surface area contributed by atoms with Gasteiger partial charge >= 0.3 is 0 Å². The van der Waals surface area contributed by atoms with Crippen LogP contribution in [0.15, 0.2) is 12.1 Å². The number of carbonyl (C=O) groups excluding carboxylic acids is 1. The Morgan fingerprint density at radius 1 is 1.20 bits per heavy atom. The quantitative estimate of drug-likeness (QED) is 0.801. The SMILES string of the molecule is COc1cc2c(c(OC)c1)CCC(=O)N2. The summed E-state index contributed by atoms with van der Waals surface area (Å²) in [5, 5.41) is 2.81. The summed E-state index contributed by atoms with van der Waals surface area (Å²) in [4.78, 5) is 11.2. The van der Waals surface area contributed by atoms with Gasteiger partial charge in [0.15, 0.2) is 0 Å². The van der Waals surface area contributed by atoms with E-state index in [4.69, 9.17) is 9.47 Å². The van der Waals surface area contributed by atoms with Crippen molar-refractivity contribution in [2.24, 2.45) is 0 Å². The van der Waals surface area contributed by atoms with Crippen LogP contribution in [-0.4, -0.2) is 20.1 Å². The van der Waals surface area contributed by atoms with Crippen LogP contribution in [0.2, 0.25) is 0 Å². The Kier molecular flexibility index (Phi) is 2.49. The predicted octanol–water partition coefficient (Wildman–Crippen LogP) is 1.59. The lowest BCUT2D eigenvalue weighted by Crippen LogP contribution is -2.19. The minimum Gasteiger partial charge on any atom is -0.497 e. The standard InChI is InChI=1S/C11H13NO3/c1-14-7-5-9-8(10(6-7)15-2)3-4-11(13)12-9/h5-6H,3-4H2,1-2H3,(H,12,13). The zero-order valence-corrected chi connectivity index (χ0v) is 8.79. The molecule has 0 aromatic heterocycles. The second-order valence-corrected chi connectivity index (χ2v) is 3.40. The summed E-state index contributed by atoms with van der Waals surface area (Å²) in [6.07, 6.45) is 1.23. The molecule has 2 rings (SSSR count). The molecule has 4 nitrogen and oxygen atoms in total. The molecular formula is C11H13NO3. The van der Waals surface area contributed by atoms with Crippen LogP contribution in [0.4, 0.5) is 5.69 Å². The van der Waals surface area contributed by atoms with Crippen LogP contribution in [0, 0.1) is 0 Å². The first-order chi connectivity index (χ1) is 7.24. The van der Waals surface area contributed by atoms with Crippen molar-refractivity contribution in [3.8, 4) is 11.5 Å². The van der Waals surface area contributed by atoms with E-state index >= 15 is 0 Å². The lowest BCUT2D eigenvalue weighted by Gasteiger charge is -2.20. The van der Waals surface area contributed by atoms with E-state index in [2.05, 4.69) is 5.32 Å². The van der Waals surface area contributed by atoms with E-state index in [1.807, 2.05) is 12.1 Å². The fraction of sp³-hybridized carbons (Fsp3) is 0.364. The minimum absolute atomic E-state index is 0.0396. The van der Waals surface area contributed by atoms with E-state index in [-0.39, 0.29) is 5.91 Å². The lowest BCUT2D eigenvalue weighted by molar-refractivity contribution is -0.116. The average Bonchev–Trinajstić information content (AvgIpc) is 2.26. The molecule has 1 aliphatic rings. The molecule has 1 N–H and O–H groups in total. The summed E-state index contributed by atoms with van der Waals surface area (Å²) >= 11 is 0. The predicted molar refractivity (Wildman–Crippen MR) is 56.5 cm³/mol. The van der Waals surface area contributed by atoms with Crippen molar-refractivity contribution in [3.05, 3.63) is 17.7 Å². The van der Waals surface area contributed by atoms with Crippen LogP contribution >= 0.6 is 0 Å². The largest absolute Gasteiger partial charge is 0.497 e. The fourth-order valence-corrected chi connectivity index (χ4v) is 1.74. The highest BCUT2D eigenvalue weighted by molar-refractivity contribution is 5.94. The van der Waals surface area contributed by atoms with Gasteiger partial charge in [0.1, 0.15) is 11.5 Å². The number of amides is 1. The van der Waals surface area contributed by atoms with Gasteiger partial charge in [-0.1, -0.05) is 0 Å². The topological polar surface area (TPSA) is 47.6 Å². The first-order valence-corrected chi connectivity index (χ1v) is 4.79. The molecule has 0 radical (unpaired) electrons. The van der Waals surface area contributed by atoms with Crippen LogP contribution < -0.4 is 14.8 Å². The Bertz CT molecular complexity index is 401. The van der Waals surface area contributed by atoms with Crippen LogP contribution in [0.25, 0.3) is 0 Å². The number of benzene rings is 1. The lowest BCUT2D eigenvalue weighted by atomic mass is 10.0. The third-order valence-electron chi connectivity index (χ3n) is 2.51. The second-order valence-electron chi connectivity index (χ2n) is 3.40. The number of fused-ring (bicyclic) bond motifs is 1. The Hall–Kier alpha value is -1.71. The Morgan fingerprint density at radius 3 is 2.67 bits per heavy atom. The van der Waals surface area contributed by atoms with Crippen LogP contribution in [0.5, 0.6) is 11.5 Å². The van der Waals surface area contributed by atoms with E-state index in [1.54, 1.807) is 14.2 Å². The van der Waals surface area contributed by atoms with Gasteiger partial charge in [-0.2, -0.15) is 0 Å². The number of ether oxygens (including phenoxy) is 2. The molecule has 1 aliphatic heterocycles. The van der Waals surface area contributed by atoms with Gasteiger partial charge in [0.25, 0.3) is 0 Å². The molecule has 0 aliphatic carbocycles. The van der Waals surface area contributed by atoms with Gasteiger partial charge in [-0.15, -0.1) is 0 Å². The van der Waals surface area contributed by atoms with Crippen LogP contribution in [-0.2, 0) is 11.2 Å². The van der Waals surface area contributed by atoms with Crippen molar-refractivity contribution >= 4 is 11.6 Å². The minimum atomic E-state index is 0.0396. The van der Waals surface area contributed by atoms with Gasteiger partial charge in [-0.3, -0.25) is 4.79 Å². The first-order valence-electron chi connectivity index (χ1n) is 4.79. The average molecular weight is 207 g/mol. The van der Waals surface area contributed by atoms with Gasteiger partial charge in [-0.25, -0.2) is 0 Å². The fourth-order valence-electron chi connectivity index (χ4n) is 1.74. The zero-order chi connectivity index (χ0) is 10.8. The molecule has 0 fully saturated rings. The monoisotopic (exact) mass is 207 g/mol. The smallest absolute Gasteiger partial charge is 0.224 e.